The number of hydrogen-bond donors (Lipinski definition) is 0. The van der Waals surface area contributed by atoms with Gasteiger partial charge in [-0.05, 0) is 87.6 Å². The van der Waals surface area contributed by atoms with Crippen molar-refractivity contribution in [1.82, 2.24) is 0 Å². The molecule has 49 heavy (non-hydrogen) atoms. The van der Waals surface area contributed by atoms with Crippen LogP contribution >= 0.6 is 22.7 Å². The molecule has 230 valence electrons. The van der Waals surface area contributed by atoms with Crippen LogP contribution in [0.2, 0.25) is 0 Å². The molecule has 0 aliphatic heterocycles. The van der Waals surface area contributed by atoms with Gasteiger partial charge in [-0.1, -0.05) is 121 Å². The second-order valence-electron chi connectivity index (χ2n) is 11.4. The average molecular weight is 675 g/mol. The summed E-state index contributed by atoms with van der Waals surface area (Å²) in [6.07, 6.45) is 0. The van der Waals surface area contributed by atoms with Crippen molar-refractivity contribution >= 4 is 90.9 Å². The molecular formula is C46H29NS2. The molecule has 0 unspecified atom stereocenters. The van der Waals surface area contributed by atoms with Crippen LogP contribution in [-0.4, -0.2) is 0 Å². The predicted octanol–water partition coefficient (Wildman–Crippen LogP) is 14.4. The molecule has 0 radical (unpaired) electrons. The standard InChI is InChI=1S/C46H29NS2/c1-2-9-31(10-3-1)37-14-8-11-32-17-18-33(27-42(32)37)30-19-21-34(22-20-30)47(35-23-25-40-38-12-4-6-15-43(38)48-45(40)28-35)36-24-26-41-39-13-5-7-16-44(39)49-46(41)29-36/h1-29H/i1D,2D,3D,8D,9D,10D,11D,14D,17D,18D,19D,20D,21D,22D,27D. The lowest BCUT2D eigenvalue weighted by Crippen LogP contribution is -2.09. The van der Waals surface area contributed by atoms with Gasteiger partial charge in [0.2, 0.25) is 0 Å². The third-order valence-corrected chi connectivity index (χ3v) is 10.8. The van der Waals surface area contributed by atoms with Gasteiger partial charge >= 0.3 is 0 Å². The van der Waals surface area contributed by atoms with Crippen LogP contribution < -0.4 is 4.90 Å². The molecule has 0 saturated heterocycles. The maximum absolute atomic E-state index is 9.62. The van der Waals surface area contributed by atoms with Gasteiger partial charge in [-0.3, -0.25) is 0 Å². The van der Waals surface area contributed by atoms with E-state index in [2.05, 4.69) is 0 Å². The fourth-order valence-electron chi connectivity index (χ4n) is 6.25. The van der Waals surface area contributed by atoms with Crippen LogP contribution in [0, 0.1) is 0 Å². The molecule has 1 nitrogen and oxygen atoms in total. The van der Waals surface area contributed by atoms with E-state index in [1.54, 1.807) is 27.6 Å². The summed E-state index contributed by atoms with van der Waals surface area (Å²) in [6.45, 7) is 0. The van der Waals surface area contributed by atoms with E-state index >= 15 is 0 Å². The molecule has 0 aliphatic rings. The molecule has 0 spiro atoms. The van der Waals surface area contributed by atoms with Crippen LogP contribution in [0.4, 0.5) is 17.1 Å². The number of hydrogen-bond acceptors (Lipinski definition) is 3. The number of fused-ring (bicyclic) bond motifs is 7. The first-order valence-corrected chi connectivity index (χ1v) is 17.0. The smallest absolute Gasteiger partial charge is 0.0645 e. The molecule has 0 N–H and O–H groups in total. The van der Waals surface area contributed by atoms with Gasteiger partial charge in [0.25, 0.3) is 0 Å². The number of rotatable bonds is 5. The molecular weight excluding hydrogens is 631 g/mol. The summed E-state index contributed by atoms with van der Waals surface area (Å²) in [4.78, 5) is 1.66. The molecule has 10 aromatic rings. The van der Waals surface area contributed by atoms with Crippen LogP contribution in [0.1, 0.15) is 20.6 Å². The lowest BCUT2D eigenvalue weighted by molar-refractivity contribution is 1.30. The van der Waals surface area contributed by atoms with Gasteiger partial charge in [-0.15, -0.1) is 22.7 Å². The van der Waals surface area contributed by atoms with E-state index < -0.39 is 124 Å². The highest BCUT2D eigenvalue weighted by Crippen LogP contribution is 2.43. The van der Waals surface area contributed by atoms with Gasteiger partial charge in [0, 0.05) is 57.4 Å². The van der Waals surface area contributed by atoms with Gasteiger partial charge in [-0.25, -0.2) is 0 Å². The summed E-state index contributed by atoms with van der Waals surface area (Å²) in [7, 11) is 0. The Balaban J connectivity index is 1.26. The second-order valence-corrected chi connectivity index (χ2v) is 13.5. The van der Waals surface area contributed by atoms with Crippen LogP contribution in [0.5, 0.6) is 0 Å². The largest absolute Gasteiger partial charge is 0.310 e. The zero-order valence-electron chi connectivity index (χ0n) is 40.3. The Bertz CT molecular complexity index is 3540. The minimum Gasteiger partial charge on any atom is -0.310 e. The summed E-state index contributed by atoms with van der Waals surface area (Å²) in [5.74, 6) is 0. The summed E-state index contributed by atoms with van der Waals surface area (Å²) in [5, 5.41) is 3.17. The second kappa shape index (κ2) is 11.5. The Hall–Kier alpha value is -5.74. The van der Waals surface area contributed by atoms with Crippen molar-refractivity contribution in [3.05, 3.63) is 176 Å². The Kier molecular flexibility index (Phi) is 3.99. The molecule has 10 rings (SSSR count). The van der Waals surface area contributed by atoms with Crippen molar-refractivity contribution in [2.45, 2.75) is 0 Å². The summed E-state index contributed by atoms with van der Waals surface area (Å²) in [6, 6.07) is 16.8. The van der Waals surface area contributed by atoms with Crippen molar-refractivity contribution in [3.63, 3.8) is 0 Å². The average Bonchev–Trinajstić information content (AvgIpc) is 3.86. The van der Waals surface area contributed by atoms with E-state index in [1.165, 1.54) is 0 Å². The third-order valence-electron chi connectivity index (χ3n) is 8.51. The van der Waals surface area contributed by atoms with Gasteiger partial charge < -0.3 is 4.90 Å². The highest BCUT2D eigenvalue weighted by Gasteiger charge is 2.17. The topological polar surface area (TPSA) is 3.24 Å². The minimum atomic E-state index is -0.774. The molecule has 0 bridgehead atoms. The number of nitrogens with zero attached hydrogens (tertiary/aromatic N) is 1. The molecule has 0 aliphatic carbocycles. The third kappa shape index (κ3) is 4.82. The molecule has 0 fully saturated rings. The van der Waals surface area contributed by atoms with Gasteiger partial charge in [0.1, 0.15) is 0 Å². The van der Waals surface area contributed by atoms with Crippen molar-refractivity contribution in [2.24, 2.45) is 0 Å². The number of benzene rings is 8. The highest BCUT2D eigenvalue weighted by atomic mass is 32.1. The Labute approximate surface area is 313 Å². The van der Waals surface area contributed by atoms with E-state index in [0.29, 0.717) is 11.4 Å². The van der Waals surface area contributed by atoms with E-state index in [-0.39, 0.29) is 5.69 Å². The Morgan fingerprint density at radius 1 is 0.408 bits per heavy atom. The fraction of sp³-hybridized carbons (Fsp3) is 0. The van der Waals surface area contributed by atoms with E-state index in [1.807, 2.05) is 84.9 Å². The first kappa shape index (κ1) is 17.1. The molecule has 2 heterocycles. The van der Waals surface area contributed by atoms with Gasteiger partial charge in [0.15, 0.2) is 0 Å². The van der Waals surface area contributed by atoms with Crippen molar-refractivity contribution in [2.75, 3.05) is 4.90 Å². The minimum absolute atomic E-state index is 0.134. The fourth-order valence-corrected chi connectivity index (χ4v) is 8.53. The van der Waals surface area contributed by atoms with Crippen molar-refractivity contribution in [3.8, 4) is 22.3 Å². The van der Waals surface area contributed by atoms with Crippen molar-refractivity contribution in [1.29, 1.82) is 0 Å². The van der Waals surface area contributed by atoms with E-state index in [9.17, 15) is 6.85 Å². The Morgan fingerprint density at radius 2 is 1.00 bits per heavy atom. The zero-order valence-corrected chi connectivity index (χ0v) is 27.0. The molecule has 2 aromatic heterocycles. The normalized spacial score (nSPS) is 16.0. The maximum atomic E-state index is 9.62. The highest BCUT2D eigenvalue weighted by molar-refractivity contribution is 7.26. The molecule has 0 amide bonds. The van der Waals surface area contributed by atoms with E-state index in [0.717, 1.165) is 40.3 Å². The van der Waals surface area contributed by atoms with Crippen molar-refractivity contribution < 1.29 is 20.6 Å². The van der Waals surface area contributed by atoms with Crippen LogP contribution in [0.25, 0.3) is 73.4 Å². The Morgan fingerprint density at radius 3 is 1.65 bits per heavy atom. The summed E-state index contributed by atoms with van der Waals surface area (Å²) in [5.41, 5.74) is -1.24. The van der Waals surface area contributed by atoms with E-state index in [4.69, 9.17) is 13.7 Å². The lowest BCUT2D eigenvalue weighted by atomic mass is 9.95. The lowest BCUT2D eigenvalue weighted by Gasteiger charge is -2.26. The molecule has 0 atom stereocenters. The summed E-state index contributed by atoms with van der Waals surface area (Å²) < 4.78 is 139. The maximum Gasteiger partial charge on any atom is 0.0645 e. The van der Waals surface area contributed by atoms with Gasteiger partial charge in [0.05, 0.1) is 20.6 Å². The first-order chi connectivity index (χ1) is 30.5. The van der Waals surface area contributed by atoms with Gasteiger partial charge in [-0.2, -0.15) is 0 Å². The molecule has 8 aromatic carbocycles. The molecule has 0 saturated carbocycles. The quantitative estimate of drug-likeness (QED) is 0.176. The van der Waals surface area contributed by atoms with Crippen LogP contribution in [0.3, 0.4) is 0 Å². The predicted molar refractivity (Wildman–Crippen MR) is 215 cm³/mol. The molecule has 3 heteroatoms. The van der Waals surface area contributed by atoms with Crippen LogP contribution in [0.15, 0.2) is 176 Å². The SMILES string of the molecule is [2H]c1c([2H])c([2H])c(-c2c([2H])c([2H])c([2H])c3c([2H])c([2H])c(-c4c([2H])c([2H])c(N(c5ccc6c(c5)sc5ccccc56)c5ccc6c(c5)sc5ccccc56)c([2H])c4[2H])c([2H])c23)c([2H])c1[2H]. The number of thiophene rings is 2. The summed E-state index contributed by atoms with van der Waals surface area (Å²) >= 11 is 3.14. The monoisotopic (exact) mass is 674 g/mol. The first-order valence-electron chi connectivity index (χ1n) is 22.9. The van der Waals surface area contributed by atoms with Crippen LogP contribution in [-0.2, 0) is 0 Å². The zero-order chi connectivity index (χ0) is 45.4. The number of anilines is 3.